The average molecular weight is 405 g/mol. The Morgan fingerprint density at radius 2 is 1.57 bits per heavy atom. The highest BCUT2D eigenvalue weighted by molar-refractivity contribution is 5.83. The normalized spacial score (nSPS) is 19.4. The molecule has 1 atom stereocenters. The number of nitrogens with one attached hydrogen (secondary N) is 1. The first-order chi connectivity index (χ1) is 14.7. The lowest BCUT2D eigenvalue weighted by Gasteiger charge is -2.38. The van der Waals surface area contributed by atoms with Gasteiger partial charge in [-0.1, -0.05) is 42.5 Å². The van der Waals surface area contributed by atoms with Gasteiger partial charge in [0.15, 0.2) is 0 Å². The van der Waals surface area contributed by atoms with Gasteiger partial charge >= 0.3 is 5.69 Å². The number of benzene rings is 2. The molecule has 6 heteroatoms. The molecule has 156 valence electrons. The largest absolute Gasteiger partial charge is 0.341 e. The first kappa shape index (κ1) is 19.1. The Morgan fingerprint density at radius 1 is 0.900 bits per heavy atom. The molecule has 0 saturated carbocycles. The molecule has 30 heavy (non-hydrogen) atoms. The predicted octanol–water partition coefficient (Wildman–Crippen LogP) is 3.33. The molecule has 2 aliphatic heterocycles. The van der Waals surface area contributed by atoms with Gasteiger partial charge < -0.3 is 9.88 Å². The zero-order chi connectivity index (χ0) is 20.5. The Hall–Kier alpha value is -2.86. The third-order valence-electron chi connectivity index (χ3n) is 6.62. The van der Waals surface area contributed by atoms with Crippen molar-refractivity contribution in [3.05, 3.63) is 70.6 Å². The van der Waals surface area contributed by atoms with Crippen molar-refractivity contribution in [2.24, 2.45) is 0 Å². The van der Waals surface area contributed by atoms with E-state index in [-0.39, 0.29) is 23.7 Å². The summed E-state index contributed by atoms with van der Waals surface area (Å²) in [5.74, 6) is 0.224. The number of aromatic amines is 1. The smallest absolute Gasteiger partial charge is 0.326 e. The van der Waals surface area contributed by atoms with E-state index in [2.05, 4.69) is 22.0 Å². The lowest BCUT2D eigenvalue weighted by molar-refractivity contribution is -0.136. The number of carbonyl (C=O) groups is 1. The van der Waals surface area contributed by atoms with Crippen LogP contribution in [-0.4, -0.2) is 51.4 Å². The minimum atomic E-state index is -0.232. The molecule has 2 fully saturated rings. The molecular formula is C24H28N4O2. The lowest BCUT2D eigenvalue weighted by Crippen LogP contribution is -2.46. The number of fused-ring (bicyclic) bond motifs is 1. The van der Waals surface area contributed by atoms with Crippen molar-refractivity contribution in [2.45, 2.75) is 37.8 Å². The predicted molar refractivity (Wildman–Crippen MR) is 117 cm³/mol. The number of hydrogen-bond donors (Lipinski definition) is 1. The number of hydrogen-bond acceptors (Lipinski definition) is 3. The summed E-state index contributed by atoms with van der Waals surface area (Å²) in [6.45, 7) is 3.33. The van der Waals surface area contributed by atoms with Gasteiger partial charge in [-0.15, -0.1) is 0 Å². The maximum atomic E-state index is 13.4. The third-order valence-corrected chi connectivity index (χ3v) is 6.62. The van der Waals surface area contributed by atoms with Crippen molar-refractivity contribution in [1.82, 2.24) is 19.4 Å². The van der Waals surface area contributed by atoms with Crippen LogP contribution < -0.4 is 5.69 Å². The van der Waals surface area contributed by atoms with Crippen LogP contribution in [-0.2, 0) is 4.79 Å². The van der Waals surface area contributed by atoms with Gasteiger partial charge in [-0.25, -0.2) is 4.79 Å². The number of piperidine rings is 1. The molecule has 1 aromatic heterocycles. The van der Waals surface area contributed by atoms with E-state index in [4.69, 9.17) is 0 Å². The van der Waals surface area contributed by atoms with E-state index in [1.165, 1.54) is 0 Å². The summed E-state index contributed by atoms with van der Waals surface area (Å²) in [7, 11) is 0. The van der Waals surface area contributed by atoms with Gasteiger partial charge in [-0.3, -0.25) is 14.3 Å². The van der Waals surface area contributed by atoms with Crippen molar-refractivity contribution in [3.63, 3.8) is 0 Å². The van der Waals surface area contributed by atoms with E-state index in [1.54, 1.807) is 0 Å². The Morgan fingerprint density at radius 3 is 2.30 bits per heavy atom. The number of para-hydroxylation sites is 2. The van der Waals surface area contributed by atoms with Gasteiger partial charge in [0.1, 0.15) is 6.04 Å². The number of H-pyrrole nitrogens is 1. The molecule has 1 N–H and O–H groups in total. The van der Waals surface area contributed by atoms with E-state index in [0.29, 0.717) is 0 Å². The number of likely N-dealkylation sites (tertiary alicyclic amines) is 2. The summed E-state index contributed by atoms with van der Waals surface area (Å²) in [4.78, 5) is 33.3. The molecular weight excluding hydrogens is 376 g/mol. The fourth-order valence-electron chi connectivity index (χ4n) is 5.09. The Balaban J connectivity index is 1.38. The maximum Gasteiger partial charge on any atom is 0.326 e. The molecule has 0 spiro atoms. The summed E-state index contributed by atoms with van der Waals surface area (Å²) < 4.78 is 1.91. The highest BCUT2D eigenvalue weighted by Gasteiger charge is 2.35. The van der Waals surface area contributed by atoms with E-state index in [0.717, 1.165) is 68.5 Å². The van der Waals surface area contributed by atoms with Crippen LogP contribution >= 0.6 is 0 Å². The zero-order valence-electron chi connectivity index (χ0n) is 17.2. The van der Waals surface area contributed by atoms with E-state index in [9.17, 15) is 9.59 Å². The van der Waals surface area contributed by atoms with Crippen LogP contribution in [0.4, 0.5) is 0 Å². The lowest BCUT2D eigenvalue weighted by atomic mass is 9.98. The fourth-order valence-corrected chi connectivity index (χ4v) is 5.09. The number of amides is 1. The van der Waals surface area contributed by atoms with Gasteiger partial charge in [0, 0.05) is 32.2 Å². The molecule has 3 aromatic rings. The highest BCUT2D eigenvalue weighted by atomic mass is 16.2. The number of aromatic nitrogens is 2. The second-order valence-electron chi connectivity index (χ2n) is 8.43. The minimum absolute atomic E-state index is 0.0394. The van der Waals surface area contributed by atoms with E-state index < -0.39 is 0 Å². The first-order valence-corrected chi connectivity index (χ1v) is 11.0. The average Bonchev–Trinajstić information content (AvgIpc) is 3.43. The molecule has 0 radical (unpaired) electrons. The molecule has 1 amide bonds. The second kappa shape index (κ2) is 8.11. The third kappa shape index (κ3) is 3.45. The molecule has 3 heterocycles. The number of imidazole rings is 1. The zero-order valence-corrected chi connectivity index (χ0v) is 17.2. The van der Waals surface area contributed by atoms with E-state index >= 15 is 0 Å². The quantitative estimate of drug-likeness (QED) is 0.726. The monoisotopic (exact) mass is 404 g/mol. The Labute approximate surface area is 176 Å². The van der Waals surface area contributed by atoms with Crippen molar-refractivity contribution in [1.29, 1.82) is 0 Å². The first-order valence-electron chi connectivity index (χ1n) is 11.0. The molecule has 2 aromatic carbocycles. The second-order valence-corrected chi connectivity index (χ2v) is 8.43. The van der Waals surface area contributed by atoms with Gasteiger partial charge in [0.2, 0.25) is 5.91 Å². The Bertz CT molecular complexity index is 1070. The van der Waals surface area contributed by atoms with Gasteiger partial charge in [0.05, 0.1) is 11.0 Å². The van der Waals surface area contributed by atoms with E-state index in [1.807, 2.05) is 51.9 Å². The van der Waals surface area contributed by atoms with Gasteiger partial charge in [-0.2, -0.15) is 0 Å². The van der Waals surface area contributed by atoms with Gasteiger partial charge in [-0.05, 0) is 43.4 Å². The number of nitrogens with zero attached hydrogens (tertiary/aromatic N) is 3. The van der Waals surface area contributed by atoms with Crippen LogP contribution in [0, 0.1) is 0 Å². The molecule has 6 nitrogen and oxygen atoms in total. The van der Waals surface area contributed by atoms with Crippen LogP contribution in [0.2, 0.25) is 0 Å². The van der Waals surface area contributed by atoms with Crippen LogP contribution in [0.25, 0.3) is 11.0 Å². The SMILES string of the molecule is O=C(C(c1ccccc1)N1CCC(n2c(=O)[nH]c3ccccc32)CC1)N1CCCC1. The fraction of sp³-hybridized carbons (Fsp3) is 0.417. The maximum absolute atomic E-state index is 13.4. The van der Waals surface area contributed by atoms with Crippen molar-refractivity contribution < 1.29 is 4.79 Å². The topological polar surface area (TPSA) is 61.3 Å². The molecule has 1 unspecified atom stereocenters. The summed E-state index contributed by atoms with van der Waals surface area (Å²) in [5, 5.41) is 0. The van der Waals surface area contributed by atoms with Crippen LogP contribution in [0.1, 0.15) is 43.3 Å². The van der Waals surface area contributed by atoms with Crippen LogP contribution in [0.3, 0.4) is 0 Å². The van der Waals surface area contributed by atoms with Crippen molar-refractivity contribution >= 4 is 16.9 Å². The molecule has 2 aliphatic rings. The van der Waals surface area contributed by atoms with Crippen molar-refractivity contribution in [2.75, 3.05) is 26.2 Å². The minimum Gasteiger partial charge on any atom is -0.341 e. The molecule has 0 bridgehead atoms. The van der Waals surface area contributed by atoms with Crippen LogP contribution in [0.5, 0.6) is 0 Å². The van der Waals surface area contributed by atoms with Crippen molar-refractivity contribution in [3.8, 4) is 0 Å². The van der Waals surface area contributed by atoms with Gasteiger partial charge in [0.25, 0.3) is 0 Å². The summed E-state index contributed by atoms with van der Waals surface area (Å²) in [6.07, 6.45) is 3.91. The summed E-state index contributed by atoms with van der Waals surface area (Å²) in [6, 6.07) is 17.9. The summed E-state index contributed by atoms with van der Waals surface area (Å²) >= 11 is 0. The standard InChI is InChI=1S/C24H28N4O2/c29-23(27-14-6-7-15-27)22(18-8-2-1-3-9-18)26-16-12-19(13-17-26)28-21-11-5-4-10-20(21)25-24(28)30/h1-5,8-11,19,22H,6-7,12-17H2,(H,25,30). The molecule has 0 aliphatic carbocycles. The highest BCUT2D eigenvalue weighted by Crippen LogP contribution is 2.32. The summed E-state index contributed by atoms with van der Waals surface area (Å²) in [5.41, 5.74) is 2.88. The van der Waals surface area contributed by atoms with Crippen LogP contribution in [0.15, 0.2) is 59.4 Å². The number of carbonyl (C=O) groups excluding carboxylic acids is 1. The molecule has 2 saturated heterocycles. The Kier molecular flexibility index (Phi) is 5.17. The molecule has 5 rings (SSSR count). The number of rotatable bonds is 4.